The van der Waals surface area contributed by atoms with E-state index in [1.807, 2.05) is 0 Å². The zero-order chi connectivity index (χ0) is 21.3. The van der Waals surface area contributed by atoms with Crippen LogP contribution in [-0.2, 0) is 4.79 Å². The Labute approximate surface area is 174 Å². The number of anilines is 2. The molecule has 2 aromatic carbocycles. The molecule has 0 fully saturated rings. The molecule has 0 aliphatic carbocycles. The van der Waals surface area contributed by atoms with Gasteiger partial charge < -0.3 is 20.1 Å². The van der Waals surface area contributed by atoms with Crippen molar-refractivity contribution in [2.75, 3.05) is 24.9 Å². The van der Waals surface area contributed by atoms with Gasteiger partial charge in [0.25, 0.3) is 5.91 Å². The molecule has 0 saturated heterocycles. The first-order valence-corrected chi connectivity index (χ1v) is 9.11. The second-order valence-corrected chi connectivity index (χ2v) is 6.20. The summed E-state index contributed by atoms with van der Waals surface area (Å²) in [5, 5.41) is 5.53. The summed E-state index contributed by atoms with van der Waals surface area (Å²) in [5.41, 5.74) is 2.30. The summed E-state index contributed by atoms with van der Waals surface area (Å²) < 4.78 is 10.5. The number of hydrogen-bond donors (Lipinski definition) is 2. The zero-order valence-electron chi connectivity index (χ0n) is 16.6. The lowest BCUT2D eigenvalue weighted by Crippen LogP contribution is -2.13. The lowest BCUT2D eigenvalue weighted by Gasteiger charge is -2.08. The number of benzene rings is 2. The molecule has 7 nitrogen and oxygen atoms in total. The maximum atomic E-state index is 12.4. The predicted octanol–water partition coefficient (Wildman–Crippen LogP) is 4.00. The minimum atomic E-state index is -0.334. The third kappa shape index (κ3) is 5.45. The zero-order valence-corrected chi connectivity index (χ0v) is 16.6. The van der Waals surface area contributed by atoms with Crippen molar-refractivity contribution < 1.29 is 19.1 Å². The number of carbonyl (C=O) groups excluding carboxylic acids is 2. The molecule has 0 radical (unpaired) electrons. The van der Waals surface area contributed by atoms with Crippen LogP contribution in [0.1, 0.15) is 15.9 Å². The molecule has 3 aromatic rings. The number of aromatic nitrogens is 1. The largest absolute Gasteiger partial charge is 0.497 e. The molecule has 7 heteroatoms. The average Bonchev–Trinajstić information content (AvgIpc) is 2.78. The van der Waals surface area contributed by atoms with Gasteiger partial charge in [0, 0.05) is 47.0 Å². The van der Waals surface area contributed by atoms with E-state index in [4.69, 9.17) is 9.47 Å². The predicted molar refractivity (Wildman–Crippen MR) is 116 cm³/mol. The number of pyridine rings is 1. The lowest BCUT2D eigenvalue weighted by molar-refractivity contribution is -0.111. The fraction of sp³-hybridized carbons (Fsp3) is 0.0870. The van der Waals surface area contributed by atoms with Gasteiger partial charge in [0.15, 0.2) is 0 Å². The van der Waals surface area contributed by atoms with E-state index in [1.54, 1.807) is 87.3 Å². The van der Waals surface area contributed by atoms with Crippen LogP contribution in [0.2, 0.25) is 0 Å². The first kappa shape index (κ1) is 20.6. The first-order valence-electron chi connectivity index (χ1n) is 9.11. The number of ether oxygens (including phenoxy) is 2. The number of methoxy groups -OCH3 is 2. The summed E-state index contributed by atoms with van der Waals surface area (Å²) in [5.74, 6) is 0.638. The number of amides is 2. The van der Waals surface area contributed by atoms with Gasteiger partial charge in [-0.1, -0.05) is 6.07 Å². The molecule has 0 saturated carbocycles. The number of nitrogens with zero attached hydrogens (tertiary/aromatic N) is 1. The summed E-state index contributed by atoms with van der Waals surface area (Å²) in [6, 6.07) is 15.4. The lowest BCUT2D eigenvalue weighted by atomic mass is 10.1. The fourth-order valence-corrected chi connectivity index (χ4v) is 2.68. The highest BCUT2D eigenvalue weighted by molar-refractivity contribution is 6.06. The Kier molecular flexibility index (Phi) is 6.78. The van der Waals surface area contributed by atoms with Crippen molar-refractivity contribution in [2.45, 2.75) is 0 Å². The third-order valence-corrected chi connectivity index (χ3v) is 4.19. The normalized spacial score (nSPS) is 10.5. The summed E-state index contributed by atoms with van der Waals surface area (Å²) in [7, 11) is 3.12. The standard InChI is InChI=1S/C23H21N3O4/c1-29-20-8-6-16(21(15-20)30-2)7-9-22(27)25-19-5-3-4-17(14-19)23(28)26-18-10-12-24-13-11-18/h3-15H,1-2H3,(H,25,27)(H,24,26,28)/b9-7+. The molecule has 2 amide bonds. The van der Waals surface area contributed by atoms with E-state index in [0.717, 1.165) is 5.56 Å². The van der Waals surface area contributed by atoms with Crippen LogP contribution >= 0.6 is 0 Å². The van der Waals surface area contributed by atoms with Gasteiger partial charge >= 0.3 is 0 Å². The number of hydrogen-bond acceptors (Lipinski definition) is 5. The van der Waals surface area contributed by atoms with Crippen molar-refractivity contribution in [2.24, 2.45) is 0 Å². The Morgan fingerprint density at radius 2 is 1.70 bits per heavy atom. The maximum Gasteiger partial charge on any atom is 0.255 e. The molecule has 0 atom stereocenters. The van der Waals surface area contributed by atoms with E-state index in [2.05, 4.69) is 15.6 Å². The fourth-order valence-electron chi connectivity index (χ4n) is 2.68. The van der Waals surface area contributed by atoms with E-state index >= 15 is 0 Å². The van der Waals surface area contributed by atoms with Crippen molar-refractivity contribution >= 4 is 29.3 Å². The molecule has 0 unspecified atom stereocenters. The van der Waals surface area contributed by atoms with Gasteiger partial charge in [-0.05, 0) is 48.5 Å². The molecule has 30 heavy (non-hydrogen) atoms. The Hall–Kier alpha value is -4.13. The minimum Gasteiger partial charge on any atom is -0.497 e. The van der Waals surface area contributed by atoms with Crippen LogP contribution in [0.25, 0.3) is 6.08 Å². The van der Waals surface area contributed by atoms with Crippen molar-refractivity contribution in [1.29, 1.82) is 0 Å². The second-order valence-electron chi connectivity index (χ2n) is 6.20. The van der Waals surface area contributed by atoms with Crippen LogP contribution in [0.15, 0.2) is 73.1 Å². The Morgan fingerprint density at radius 3 is 2.43 bits per heavy atom. The van der Waals surface area contributed by atoms with Gasteiger partial charge in [-0.15, -0.1) is 0 Å². The number of nitrogens with one attached hydrogen (secondary N) is 2. The third-order valence-electron chi connectivity index (χ3n) is 4.19. The highest BCUT2D eigenvalue weighted by Crippen LogP contribution is 2.25. The van der Waals surface area contributed by atoms with Gasteiger partial charge in [0.05, 0.1) is 14.2 Å². The highest BCUT2D eigenvalue weighted by Gasteiger charge is 2.08. The van der Waals surface area contributed by atoms with Crippen LogP contribution in [0, 0.1) is 0 Å². The minimum absolute atomic E-state index is 0.282. The van der Waals surface area contributed by atoms with Gasteiger partial charge in [0.2, 0.25) is 5.91 Å². The Balaban J connectivity index is 1.66. The maximum absolute atomic E-state index is 12.4. The monoisotopic (exact) mass is 403 g/mol. The molecular formula is C23H21N3O4. The molecule has 2 N–H and O–H groups in total. The van der Waals surface area contributed by atoms with Gasteiger partial charge in [-0.2, -0.15) is 0 Å². The molecule has 0 aliphatic heterocycles. The highest BCUT2D eigenvalue weighted by atomic mass is 16.5. The van der Waals surface area contributed by atoms with Crippen molar-refractivity contribution in [3.05, 3.63) is 84.2 Å². The summed E-state index contributed by atoms with van der Waals surface area (Å²) in [6.07, 6.45) is 6.23. The topological polar surface area (TPSA) is 89.5 Å². The van der Waals surface area contributed by atoms with Crippen molar-refractivity contribution in [3.8, 4) is 11.5 Å². The van der Waals surface area contributed by atoms with E-state index in [9.17, 15) is 9.59 Å². The molecule has 152 valence electrons. The van der Waals surface area contributed by atoms with E-state index in [1.165, 1.54) is 6.08 Å². The summed E-state index contributed by atoms with van der Waals surface area (Å²) in [4.78, 5) is 28.6. The van der Waals surface area contributed by atoms with Crippen LogP contribution < -0.4 is 20.1 Å². The van der Waals surface area contributed by atoms with E-state index in [0.29, 0.717) is 28.4 Å². The smallest absolute Gasteiger partial charge is 0.255 e. The molecular weight excluding hydrogens is 382 g/mol. The molecule has 1 heterocycles. The summed E-state index contributed by atoms with van der Waals surface area (Å²) >= 11 is 0. The quantitative estimate of drug-likeness (QED) is 0.582. The Bertz CT molecular complexity index is 1070. The second kappa shape index (κ2) is 9.88. The van der Waals surface area contributed by atoms with E-state index in [-0.39, 0.29) is 11.8 Å². The van der Waals surface area contributed by atoms with E-state index < -0.39 is 0 Å². The van der Waals surface area contributed by atoms with Crippen LogP contribution in [0.5, 0.6) is 11.5 Å². The van der Waals surface area contributed by atoms with Crippen LogP contribution in [0.4, 0.5) is 11.4 Å². The van der Waals surface area contributed by atoms with Crippen LogP contribution in [-0.4, -0.2) is 31.0 Å². The van der Waals surface area contributed by atoms with Crippen molar-refractivity contribution in [3.63, 3.8) is 0 Å². The SMILES string of the molecule is COc1ccc(/C=C/C(=O)Nc2cccc(C(=O)Nc3ccncc3)c2)c(OC)c1. The van der Waals surface area contributed by atoms with Gasteiger partial charge in [-0.3, -0.25) is 14.6 Å². The molecule has 3 rings (SSSR count). The number of carbonyl (C=O) groups is 2. The van der Waals surface area contributed by atoms with Crippen LogP contribution in [0.3, 0.4) is 0 Å². The molecule has 0 bridgehead atoms. The van der Waals surface area contributed by atoms with Crippen molar-refractivity contribution in [1.82, 2.24) is 4.98 Å². The average molecular weight is 403 g/mol. The number of rotatable bonds is 7. The molecule has 1 aromatic heterocycles. The van der Waals surface area contributed by atoms with Gasteiger partial charge in [-0.25, -0.2) is 0 Å². The van der Waals surface area contributed by atoms with Gasteiger partial charge in [0.1, 0.15) is 11.5 Å². The molecule has 0 aliphatic rings. The first-order chi connectivity index (χ1) is 14.6. The summed E-state index contributed by atoms with van der Waals surface area (Å²) in [6.45, 7) is 0. The molecule has 0 spiro atoms. The Morgan fingerprint density at radius 1 is 0.900 bits per heavy atom.